The summed E-state index contributed by atoms with van der Waals surface area (Å²) in [6.07, 6.45) is 2.51. The van der Waals surface area contributed by atoms with Crippen LogP contribution in [0.15, 0.2) is 121 Å². The molecule has 0 spiro atoms. The first-order valence-electron chi connectivity index (χ1n) is 19.4. The van der Waals surface area contributed by atoms with Crippen LogP contribution in [0.2, 0.25) is 0 Å². The van der Waals surface area contributed by atoms with Crippen LogP contribution < -0.4 is 0 Å². The van der Waals surface area contributed by atoms with Gasteiger partial charge in [0.2, 0.25) is 6.10 Å². The standard InChI is InChI=1S/C47H46O11/c1-28-25-34(48)44(58-38(51)24-21-32-17-11-6-12-18-32)46(3)33(28)26-35-47(27-55-36(49)22-19-30-13-7-4-8-14-30)39(29(2)40(52)41(53)43(46)47)42(45(54)56-35)57-37(50)23-20-31-15-9-5-10-16-31/h4-25,29,33,35,39-44,52-53H,26-27H2,1-3H3/b22-19+,23-20+,24-21+/t29-,33+,35-,39-,40-,41-,42-,43-,44-,46+,47+/m1/s1. The van der Waals surface area contributed by atoms with Gasteiger partial charge < -0.3 is 29.2 Å². The molecule has 58 heavy (non-hydrogen) atoms. The van der Waals surface area contributed by atoms with Gasteiger partial charge in [0.05, 0.1) is 17.6 Å². The Bertz CT molecular complexity index is 2160. The lowest BCUT2D eigenvalue weighted by Gasteiger charge is -2.69. The normalized spacial score (nSPS) is 32.8. The maximum atomic E-state index is 14.1. The molecule has 3 aliphatic carbocycles. The number of fused-ring (bicyclic) bond motifs is 2. The second-order valence-electron chi connectivity index (χ2n) is 15.8. The zero-order chi connectivity index (χ0) is 41.2. The highest BCUT2D eigenvalue weighted by atomic mass is 16.6. The number of carbonyl (C=O) groups excluding carboxylic acids is 5. The van der Waals surface area contributed by atoms with E-state index in [-0.39, 0.29) is 6.42 Å². The summed E-state index contributed by atoms with van der Waals surface area (Å²) in [5, 5.41) is 24.3. The maximum Gasteiger partial charge on any atom is 0.348 e. The Morgan fingerprint density at radius 3 is 1.79 bits per heavy atom. The molecule has 3 fully saturated rings. The molecule has 0 unspecified atom stereocenters. The van der Waals surface area contributed by atoms with Gasteiger partial charge >= 0.3 is 23.9 Å². The molecule has 1 heterocycles. The van der Waals surface area contributed by atoms with Gasteiger partial charge in [0.25, 0.3) is 0 Å². The summed E-state index contributed by atoms with van der Waals surface area (Å²) < 4.78 is 24.2. The molecule has 300 valence electrons. The van der Waals surface area contributed by atoms with E-state index in [1.165, 1.54) is 30.4 Å². The zero-order valence-electron chi connectivity index (χ0n) is 32.4. The number of hydrogen-bond donors (Lipinski definition) is 2. The predicted octanol–water partition coefficient (Wildman–Crippen LogP) is 5.56. The Hall–Kier alpha value is -5.91. The van der Waals surface area contributed by atoms with Crippen molar-refractivity contribution in [1.82, 2.24) is 0 Å². The molecule has 2 N–H and O–H groups in total. The van der Waals surface area contributed by atoms with E-state index in [1.54, 1.807) is 69.3 Å². The molecule has 4 aliphatic rings. The van der Waals surface area contributed by atoms with Gasteiger partial charge in [0, 0.05) is 35.5 Å². The smallest absolute Gasteiger partial charge is 0.348 e. The van der Waals surface area contributed by atoms with E-state index in [1.807, 2.05) is 54.6 Å². The highest BCUT2D eigenvalue weighted by Crippen LogP contribution is 2.69. The second kappa shape index (κ2) is 16.5. The van der Waals surface area contributed by atoms with Crippen LogP contribution in [0.25, 0.3) is 18.2 Å². The number of esters is 4. The molecule has 11 heteroatoms. The largest absolute Gasteiger partial charge is 0.462 e. The summed E-state index contributed by atoms with van der Waals surface area (Å²) in [5.41, 5.74) is -0.253. The van der Waals surface area contributed by atoms with Crippen LogP contribution in [0.1, 0.15) is 43.9 Å². The third-order valence-corrected chi connectivity index (χ3v) is 12.6. The summed E-state index contributed by atoms with van der Waals surface area (Å²) in [5.74, 6) is -7.68. The molecule has 3 aromatic carbocycles. The lowest BCUT2D eigenvalue weighted by atomic mass is 9.37. The van der Waals surface area contributed by atoms with Gasteiger partial charge in [-0.1, -0.05) is 110 Å². The van der Waals surface area contributed by atoms with Crippen LogP contribution in [0.3, 0.4) is 0 Å². The minimum absolute atomic E-state index is 0.0836. The van der Waals surface area contributed by atoms with E-state index >= 15 is 0 Å². The number of ether oxygens (including phenoxy) is 4. The summed E-state index contributed by atoms with van der Waals surface area (Å²) in [4.78, 5) is 68.7. The van der Waals surface area contributed by atoms with Crippen molar-refractivity contribution in [2.45, 2.75) is 57.7 Å². The molecule has 0 amide bonds. The fraction of sp³-hybridized carbons (Fsp3) is 0.340. The number of benzene rings is 3. The molecule has 1 saturated heterocycles. The average Bonchev–Trinajstić information content (AvgIpc) is 3.22. The van der Waals surface area contributed by atoms with Crippen LogP contribution in [-0.4, -0.2) is 77.0 Å². The number of carbonyl (C=O) groups is 5. The SMILES string of the molecule is CC1=CC(=O)[C@@H](OC(=O)/C=C/c2ccccc2)[C@]2(C)[C@H]3[C@H](O)[C@H](O)[C@H](C)[C@@H]4[C@@H](OC(=O)/C=C/c5ccccc5)C(=O)O[C@H](C[C@@H]12)[C@@]43COC(=O)/C=C/c1ccccc1. The van der Waals surface area contributed by atoms with Crippen molar-refractivity contribution in [3.63, 3.8) is 0 Å². The van der Waals surface area contributed by atoms with Crippen molar-refractivity contribution in [2.75, 3.05) is 6.61 Å². The van der Waals surface area contributed by atoms with E-state index < -0.39 is 101 Å². The third-order valence-electron chi connectivity index (χ3n) is 12.6. The number of ketones is 1. The molecule has 1 aliphatic heterocycles. The minimum atomic E-state index is -1.62. The number of aliphatic hydroxyl groups excluding tert-OH is 2. The van der Waals surface area contributed by atoms with Crippen LogP contribution in [0.5, 0.6) is 0 Å². The monoisotopic (exact) mass is 786 g/mol. The van der Waals surface area contributed by atoms with E-state index in [0.717, 1.165) is 11.1 Å². The van der Waals surface area contributed by atoms with Gasteiger partial charge in [-0.15, -0.1) is 0 Å². The van der Waals surface area contributed by atoms with Crippen LogP contribution in [0.4, 0.5) is 0 Å². The van der Waals surface area contributed by atoms with Gasteiger partial charge in [0.15, 0.2) is 11.9 Å². The molecular weight excluding hydrogens is 741 g/mol. The molecule has 11 nitrogen and oxygen atoms in total. The second-order valence-corrected chi connectivity index (χ2v) is 15.8. The Kier molecular flexibility index (Phi) is 11.5. The Morgan fingerprint density at radius 2 is 1.26 bits per heavy atom. The van der Waals surface area contributed by atoms with E-state index in [0.29, 0.717) is 11.1 Å². The lowest BCUT2D eigenvalue weighted by molar-refractivity contribution is -0.317. The highest BCUT2D eigenvalue weighted by molar-refractivity contribution is 5.99. The van der Waals surface area contributed by atoms with E-state index in [2.05, 4.69) is 0 Å². The first kappa shape index (κ1) is 40.3. The van der Waals surface area contributed by atoms with E-state index in [9.17, 15) is 34.2 Å². The van der Waals surface area contributed by atoms with Gasteiger partial charge in [0.1, 0.15) is 12.7 Å². The van der Waals surface area contributed by atoms with Crippen LogP contribution in [-0.2, 0) is 42.9 Å². The first-order chi connectivity index (χ1) is 27.8. The molecule has 3 aromatic rings. The van der Waals surface area contributed by atoms with Gasteiger partial charge in [-0.25, -0.2) is 19.2 Å². The molecule has 2 saturated carbocycles. The minimum Gasteiger partial charge on any atom is -0.462 e. The fourth-order valence-corrected chi connectivity index (χ4v) is 10.1. The fourth-order valence-electron chi connectivity index (χ4n) is 10.1. The number of aliphatic hydroxyl groups is 2. The summed E-state index contributed by atoms with van der Waals surface area (Å²) >= 11 is 0. The zero-order valence-corrected chi connectivity index (χ0v) is 32.4. The molecule has 0 bridgehead atoms. The molecular formula is C47H46O11. The Balaban J connectivity index is 1.31. The van der Waals surface area contributed by atoms with Crippen molar-refractivity contribution >= 4 is 47.9 Å². The number of hydrogen-bond acceptors (Lipinski definition) is 11. The summed E-state index contributed by atoms with van der Waals surface area (Å²) in [6.45, 7) is 4.62. The van der Waals surface area contributed by atoms with Crippen molar-refractivity contribution in [2.24, 2.45) is 34.5 Å². The quantitative estimate of drug-likeness (QED) is 0.150. The van der Waals surface area contributed by atoms with Gasteiger partial charge in [-0.3, -0.25) is 4.79 Å². The van der Waals surface area contributed by atoms with Crippen molar-refractivity contribution in [1.29, 1.82) is 0 Å². The molecule has 7 rings (SSSR count). The molecule has 11 atom stereocenters. The Labute approximate surface area is 336 Å². The lowest BCUT2D eigenvalue weighted by Crippen LogP contribution is -2.78. The van der Waals surface area contributed by atoms with Crippen molar-refractivity contribution in [3.8, 4) is 0 Å². The van der Waals surface area contributed by atoms with Crippen molar-refractivity contribution < 1.29 is 53.1 Å². The number of allylic oxidation sites excluding steroid dienone is 1. The van der Waals surface area contributed by atoms with E-state index in [4.69, 9.17) is 18.9 Å². The third kappa shape index (κ3) is 7.47. The topological polar surface area (TPSA) is 163 Å². The van der Waals surface area contributed by atoms with Gasteiger partial charge in [-0.2, -0.15) is 0 Å². The molecule has 0 aromatic heterocycles. The van der Waals surface area contributed by atoms with Gasteiger partial charge in [-0.05, 0) is 66.2 Å². The summed E-state index contributed by atoms with van der Waals surface area (Å²) in [6, 6.07) is 27.1. The first-order valence-corrected chi connectivity index (χ1v) is 19.4. The number of rotatable bonds is 10. The Morgan fingerprint density at radius 1 is 0.759 bits per heavy atom. The average molecular weight is 787 g/mol. The predicted molar refractivity (Wildman–Crippen MR) is 213 cm³/mol. The molecule has 0 radical (unpaired) electrons. The maximum absolute atomic E-state index is 14.1. The van der Waals surface area contributed by atoms with Crippen LogP contribution in [0, 0.1) is 34.5 Å². The van der Waals surface area contributed by atoms with Crippen LogP contribution >= 0.6 is 0 Å². The van der Waals surface area contributed by atoms with Crippen molar-refractivity contribution in [3.05, 3.63) is 138 Å². The highest BCUT2D eigenvalue weighted by Gasteiger charge is 2.77. The summed E-state index contributed by atoms with van der Waals surface area (Å²) in [7, 11) is 0.